The Labute approximate surface area is 80.0 Å². The van der Waals surface area contributed by atoms with E-state index in [2.05, 4.69) is 12.6 Å². The van der Waals surface area contributed by atoms with Gasteiger partial charge in [0.25, 0.3) is 0 Å². The average molecular weight is 183 g/mol. The number of hydrogen-bond acceptors (Lipinski definition) is 3. The summed E-state index contributed by atoms with van der Waals surface area (Å²) in [7, 11) is 0. The molecule has 0 aliphatic heterocycles. The van der Waals surface area contributed by atoms with Gasteiger partial charge in [0.05, 0.1) is 18.9 Å². The standard InChI is InChI=1S/C10H17NO2/c1-2-12-8-5-6-10-13-9-4-3-7-11/h2H,1,3-6,8-10H2. The van der Waals surface area contributed by atoms with E-state index < -0.39 is 0 Å². The maximum Gasteiger partial charge on any atom is 0.0873 e. The molecule has 0 saturated heterocycles. The topological polar surface area (TPSA) is 42.2 Å². The summed E-state index contributed by atoms with van der Waals surface area (Å²) < 4.78 is 10.2. The monoisotopic (exact) mass is 183 g/mol. The predicted octanol–water partition coefficient (Wildman–Crippen LogP) is 2.25. The van der Waals surface area contributed by atoms with E-state index in [4.69, 9.17) is 14.7 Å². The van der Waals surface area contributed by atoms with Gasteiger partial charge in [0, 0.05) is 19.6 Å². The third kappa shape index (κ3) is 11.0. The third-order valence-corrected chi connectivity index (χ3v) is 1.50. The van der Waals surface area contributed by atoms with Crippen molar-refractivity contribution in [2.45, 2.75) is 25.7 Å². The highest BCUT2D eigenvalue weighted by atomic mass is 16.5. The molecule has 0 rings (SSSR count). The van der Waals surface area contributed by atoms with Gasteiger partial charge in [-0.3, -0.25) is 0 Å². The number of nitriles is 1. The van der Waals surface area contributed by atoms with Gasteiger partial charge in [-0.2, -0.15) is 5.26 Å². The maximum absolute atomic E-state index is 8.23. The zero-order valence-electron chi connectivity index (χ0n) is 8.00. The van der Waals surface area contributed by atoms with Crippen LogP contribution in [0, 0.1) is 11.3 Å². The van der Waals surface area contributed by atoms with Crippen molar-refractivity contribution < 1.29 is 9.47 Å². The lowest BCUT2D eigenvalue weighted by Gasteiger charge is -2.02. The largest absolute Gasteiger partial charge is 0.502 e. The normalized spacial score (nSPS) is 9.15. The van der Waals surface area contributed by atoms with Crippen LogP contribution in [-0.2, 0) is 9.47 Å². The Bertz CT molecular complexity index is 151. The van der Waals surface area contributed by atoms with E-state index in [1.54, 1.807) is 0 Å². The highest BCUT2D eigenvalue weighted by Crippen LogP contribution is 1.93. The molecule has 0 spiro atoms. The molecule has 0 radical (unpaired) electrons. The van der Waals surface area contributed by atoms with Crippen LogP contribution in [0.15, 0.2) is 12.8 Å². The fraction of sp³-hybridized carbons (Fsp3) is 0.700. The minimum absolute atomic E-state index is 0.583. The van der Waals surface area contributed by atoms with Crippen LogP contribution in [0.25, 0.3) is 0 Å². The van der Waals surface area contributed by atoms with Gasteiger partial charge in [-0.1, -0.05) is 6.58 Å². The lowest BCUT2D eigenvalue weighted by Crippen LogP contribution is -1.98. The second kappa shape index (κ2) is 11.0. The van der Waals surface area contributed by atoms with E-state index in [9.17, 15) is 0 Å². The fourth-order valence-corrected chi connectivity index (χ4v) is 0.828. The average Bonchev–Trinajstić information content (AvgIpc) is 2.16. The Morgan fingerprint density at radius 1 is 1.15 bits per heavy atom. The summed E-state index contributed by atoms with van der Waals surface area (Å²) in [5.74, 6) is 0. The highest BCUT2D eigenvalue weighted by molar-refractivity contribution is 4.67. The van der Waals surface area contributed by atoms with Crippen molar-refractivity contribution in [3.8, 4) is 6.07 Å². The summed E-state index contributed by atoms with van der Waals surface area (Å²) in [4.78, 5) is 0. The van der Waals surface area contributed by atoms with E-state index in [0.29, 0.717) is 19.6 Å². The molecular formula is C10H17NO2. The summed E-state index contributed by atoms with van der Waals surface area (Å²) in [5, 5.41) is 8.23. The van der Waals surface area contributed by atoms with Crippen molar-refractivity contribution >= 4 is 0 Å². The van der Waals surface area contributed by atoms with Crippen LogP contribution in [0.4, 0.5) is 0 Å². The fourth-order valence-electron chi connectivity index (χ4n) is 0.828. The van der Waals surface area contributed by atoms with Crippen molar-refractivity contribution in [2.24, 2.45) is 0 Å². The van der Waals surface area contributed by atoms with E-state index >= 15 is 0 Å². The molecule has 0 aromatic carbocycles. The van der Waals surface area contributed by atoms with Gasteiger partial charge < -0.3 is 9.47 Å². The van der Waals surface area contributed by atoms with Gasteiger partial charge in [0.1, 0.15) is 0 Å². The van der Waals surface area contributed by atoms with Crippen molar-refractivity contribution in [3.05, 3.63) is 12.8 Å². The number of nitrogens with zero attached hydrogens (tertiary/aromatic N) is 1. The Hall–Kier alpha value is -1.01. The first-order valence-corrected chi connectivity index (χ1v) is 4.59. The lowest BCUT2D eigenvalue weighted by molar-refractivity contribution is 0.122. The Morgan fingerprint density at radius 2 is 1.85 bits per heavy atom. The Kier molecular flexibility index (Phi) is 10.1. The highest BCUT2D eigenvalue weighted by Gasteiger charge is 1.89. The minimum atomic E-state index is 0.583. The molecule has 0 heterocycles. The molecule has 0 aromatic rings. The molecular weight excluding hydrogens is 166 g/mol. The first-order valence-electron chi connectivity index (χ1n) is 4.59. The van der Waals surface area contributed by atoms with E-state index in [0.717, 1.165) is 25.9 Å². The number of ether oxygens (including phenoxy) is 2. The molecule has 0 bridgehead atoms. The molecule has 0 N–H and O–H groups in total. The molecule has 74 valence electrons. The minimum Gasteiger partial charge on any atom is -0.502 e. The molecule has 0 aliphatic carbocycles. The van der Waals surface area contributed by atoms with Crippen molar-refractivity contribution in [2.75, 3.05) is 19.8 Å². The first kappa shape index (κ1) is 12.0. The van der Waals surface area contributed by atoms with E-state index in [1.807, 2.05) is 0 Å². The van der Waals surface area contributed by atoms with Crippen molar-refractivity contribution in [1.29, 1.82) is 5.26 Å². The van der Waals surface area contributed by atoms with E-state index in [1.165, 1.54) is 6.26 Å². The van der Waals surface area contributed by atoms with Gasteiger partial charge >= 0.3 is 0 Å². The van der Waals surface area contributed by atoms with Crippen molar-refractivity contribution in [3.63, 3.8) is 0 Å². The van der Waals surface area contributed by atoms with Gasteiger partial charge in [-0.25, -0.2) is 0 Å². The van der Waals surface area contributed by atoms with Crippen LogP contribution in [0.5, 0.6) is 0 Å². The van der Waals surface area contributed by atoms with Gasteiger partial charge in [0.15, 0.2) is 0 Å². The van der Waals surface area contributed by atoms with Crippen molar-refractivity contribution in [1.82, 2.24) is 0 Å². The number of hydrogen-bond donors (Lipinski definition) is 0. The molecule has 0 fully saturated rings. The molecule has 13 heavy (non-hydrogen) atoms. The summed E-state index contributed by atoms with van der Waals surface area (Å²) in [6.07, 6.45) is 4.86. The Balaban J connectivity index is 2.84. The van der Waals surface area contributed by atoms with Crippen LogP contribution >= 0.6 is 0 Å². The first-order chi connectivity index (χ1) is 6.41. The predicted molar refractivity (Wildman–Crippen MR) is 51.0 cm³/mol. The summed E-state index contributed by atoms with van der Waals surface area (Å²) in [6, 6.07) is 2.08. The smallest absolute Gasteiger partial charge is 0.0873 e. The molecule has 0 amide bonds. The molecule has 0 aromatic heterocycles. The SMILES string of the molecule is C=COCCCCOCCCC#N. The van der Waals surface area contributed by atoms with Crippen LogP contribution in [-0.4, -0.2) is 19.8 Å². The molecule has 0 saturated carbocycles. The zero-order valence-corrected chi connectivity index (χ0v) is 8.00. The molecule has 0 atom stereocenters. The maximum atomic E-state index is 8.23. The summed E-state index contributed by atoms with van der Waals surface area (Å²) in [5.41, 5.74) is 0. The summed E-state index contributed by atoms with van der Waals surface area (Å²) in [6.45, 7) is 5.60. The second-order valence-corrected chi connectivity index (χ2v) is 2.62. The molecule has 0 aliphatic rings. The van der Waals surface area contributed by atoms with Crippen LogP contribution in [0.2, 0.25) is 0 Å². The van der Waals surface area contributed by atoms with Gasteiger partial charge in [0.2, 0.25) is 0 Å². The summed E-state index contributed by atoms with van der Waals surface area (Å²) >= 11 is 0. The number of rotatable bonds is 9. The Morgan fingerprint density at radius 3 is 2.54 bits per heavy atom. The molecule has 3 heteroatoms. The van der Waals surface area contributed by atoms with E-state index in [-0.39, 0.29) is 0 Å². The lowest BCUT2D eigenvalue weighted by atomic mass is 10.3. The molecule has 3 nitrogen and oxygen atoms in total. The van der Waals surface area contributed by atoms with Crippen LogP contribution in [0.1, 0.15) is 25.7 Å². The van der Waals surface area contributed by atoms with Gasteiger partial charge in [-0.05, 0) is 19.3 Å². The quantitative estimate of drug-likeness (QED) is 0.406. The zero-order chi connectivity index (χ0) is 9.78. The number of unbranched alkanes of at least 4 members (excludes halogenated alkanes) is 2. The third-order valence-electron chi connectivity index (χ3n) is 1.50. The molecule has 0 unspecified atom stereocenters. The second-order valence-electron chi connectivity index (χ2n) is 2.62. The van der Waals surface area contributed by atoms with Gasteiger partial charge in [-0.15, -0.1) is 0 Å². The van der Waals surface area contributed by atoms with Crippen LogP contribution < -0.4 is 0 Å². The van der Waals surface area contributed by atoms with Crippen LogP contribution in [0.3, 0.4) is 0 Å².